The number of carbonyl (C=O) groups is 1. The Hall–Kier alpha value is -1.91. The van der Waals surface area contributed by atoms with Crippen molar-refractivity contribution in [2.24, 2.45) is 0 Å². The van der Waals surface area contributed by atoms with Crippen molar-refractivity contribution in [2.45, 2.75) is 64.6 Å². The van der Waals surface area contributed by atoms with Crippen LogP contribution in [0, 0.1) is 0 Å². The van der Waals surface area contributed by atoms with Crippen molar-refractivity contribution in [1.82, 2.24) is 4.90 Å². The highest BCUT2D eigenvalue weighted by atomic mass is 16.6. The molecular weight excluding hydrogens is 292 g/mol. The minimum absolute atomic E-state index is 0.199. The number of nitrogens with one attached hydrogen (secondary N) is 1. The van der Waals surface area contributed by atoms with E-state index >= 15 is 0 Å². The van der Waals surface area contributed by atoms with Crippen LogP contribution in [0.15, 0.2) is 24.3 Å². The van der Waals surface area contributed by atoms with Gasteiger partial charge < -0.3 is 20.1 Å². The summed E-state index contributed by atoms with van der Waals surface area (Å²) in [7, 11) is 0. The second-order valence-electron chi connectivity index (χ2n) is 7.30. The molecule has 1 heterocycles. The molecule has 0 saturated carbocycles. The van der Waals surface area contributed by atoms with Crippen LogP contribution >= 0.6 is 0 Å². The third-order valence-corrected chi connectivity index (χ3v) is 3.89. The molecule has 128 valence electrons. The highest BCUT2D eigenvalue weighted by Crippen LogP contribution is 2.25. The van der Waals surface area contributed by atoms with Gasteiger partial charge in [-0.2, -0.15) is 0 Å². The van der Waals surface area contributed by atoms with Crippen LogP contribution in [0.25, 0.3) is 0 Å². The fourth-order valence-corrected chi connectivity index (χ4v) is 2.99. The zero-order chi connectivity index (χ0) is 17.0. The molecule has 1 aliphatic heterocycles. The van der Waals surface area contributed by atoms with E-state index in [0.717, 1.165) is 31.5 Å². The van der Waals surface area contributed by atoms with E-state index < -0.39 is 5.60 Å². The summed E-state index contributed by atoms with van der Waals surface area (Å²) in [5.41, 5.74) is 0.426. The molecule has 2 rings (SSSR count). The Morgan fingerprint density at radius 1 is 1.48 bits per heavy atom. The van der Waals surface area contributed by atoms with Gasteiger partial charge in [0.25, 0.3) is 0 Å². The Kier molecular flexibility index (Phi) is 5.39. The molecule has 0 aliphatic carbocycles. The zero-order valence-electron chi connectivity index (χ0n) is 14.5. The molecule has 0 aromatic heterocycles. The first-order chi connectivity index (χ1) is 10.7. The molecule has 2 atom stereocenters. The molecule has 1 saturated heterocycles. The number of benzene rings is 1. The Labute approximate surface area is 138 Å². The van der Waals surface area contributed by atoms with E-state index in [1.807, 2.05) is 37.8 Å². The first-order valence-electron chi connectivity index (χ1n) is 8.30. The van der Waals surface area contributed by atoms with Crippen LogP contribution in [0.3, 0.4) is 0 Å². The first-order valence-corrected chi connectivity index (χ1v) is 8.30. The number of likely N-dealkylation sites (tertiary alicyclic amines) is 1. The standard InChI is InChI=1S/C18H28N2O3/c1-13(19-14-7-5-9-16(21)12-14)11-15-8-6-10-20(15)17(22)23-18(2,3)4/h5,7,9,12-13,15,19,21H,6,8,10-11H2,1-4H3. The third-order valence-electron chi connectivity index (χ3n) is 3.89. The van der Waals surface area contributed by atoms with Crippen molar-refractivity contribution in [1.29, 1.82) is 0 Å². The number of phenols is 1. The fourth-order valence-electron chi connectivity index (χ4n) is 2.99. The summed E-state index contributed by atoms with van der Waals surface area (Å²) in [5, 5.41) is 12.9. The van der Waals surface area contributed by atoms with Crippen molar-refractivity contribution >= 4 is 11.8 Å². The monoisotopic (exact) mass is 320 g/mol. The van der Waals surface area contributed by atoms with Crippen LogP contribution in [-0.2, 0) is 4.74 Å². The highest BCUT2D eigenvalue weighted by Gasteiger charge is 2.32. The lowest BCUT2D eigenvalue weighted by molar-refractivity contribution is 0.0218. The van der Waals surface area contributed by atoms with Gasteiger partial charge in [0, 0.05) is 30.4 Å². The van der Waals surface area contributed by atoms with Gasteiger partial charge in [-0.25, -0.2) is 4.79 Å². The van der Waals surface area contributed by atoms with Gasteiger partial charge in [0.2, 0.25) is 0 Å². The minimum atomic E-state index is -0.463. The molecule has 1 aromatic rings. The third kappa shape index (κ3) is 5.34. The van der Waals surface area contributed by atoms with Crippen LogP contribution in [-0.4, -0.2) is 40.3 Å². The number of phenolic OH excluding ortho intramolecular Hbond substituents is 1. The molecule has 0 spiro atoms. The number of hydrogen-bond acceptors (Lipinski definition) is 4. The lowest BCUT2D eigenvalue weighted by atomic mass is 10.1. The quantitative estimate of drug-likeness (QED) is 0.881. The maximum atomic E-state index is 12.3. The molecule has 23 heavy (non-hydrogen) atoms. The lowest BCUT2D eigenvalue weighted by Crippen LogP contribution is -2.41. The predicted octanol–water partition coefficient (Wildman–Crippen LogP) is 3.98. The molecule has 2 unspecified atom stereocenters. The largest absolute Gasteiger partial charge is 0.508 e. The number of anilines is 1. The summed E-state index contributed by atoms with van der Waals surface area (Å²) in [6.45, 7) is 8.53. The van der Waals surface area contributed by atoms with Gasteiger partial charge in [-0.1, -0.05) is 6.07 Å². The lowest BCUT2D eigenvalue weighted by Gasteiger charge is -2.30. The van der Waals surface area contributed by atoms with E-state index in [1.54, 1.807) is 12.1 Å². The average Bonchev–Trinajstić information content (AvgIpc) is 2.84. The number of ether oxygens (including phenoxy) is 1. The molecule has 0 bridgehead atoms. The maximum absolute atomic E-state index is 12.3. The Balaban J connectivity index is 1.91. The predicted molar refractivity (Wildman–Crippen MR) is 91.8 cm³/mol. The van der Waals surface area contributed by atoms with E-state index in [2.05, 4.69) is 12.2 Å². The van der Waals surface area contributed by atoms with Crippen molar-refractivity contribution < 1.29 is 14.6 Å². The molecular formula is C18H28N2O3. The number of aromatic hydroxyl groups is 1. The number of carbonyl (C=O) groups excluding carboxylic acids is 1. The van der Waals surface area contributed by atoms with E-state index in [-0.39, 0.29) is 23.9 Å². The Morgan fingerprint density at radius 2 is 2.22 bits per heavy atom. The van der Waals surface area contributed by atoms with Crippen LogP contribution in [0.4, 0.5) is 10.5 Å². The first kappa shape index (κ1) is 17.4. The number of amides is 1. The van der Waals surface area contributed by atoms with Crippen LogP contribution < -0.4 is 5.32 Å². The summed E-state index contributed by atoms with van der Waals surface area (Å²) < 4.78 is 5.50. The number of nitrogens with zero attached hydrogens (tertiary/aromatic N) is 1. The van der Waals surface area contributed by atoms with E-state index in [0.29, 0.717) is 0 Å². The Morgan fingerprint density at radius 3 is 2.87 bits per heavy atom. The smallest absolute Gasteiger partial charge is 0.410 e. The van der Waals surface area contributed by atoms with E-state index in [1.165, 1.54) is 0 Å². The number of rotatable bonds is 4. The SMILES string of the molecule is CC(CC1CCCN1C(=O)OC(C)(C)C)Nc1cccc(O)c1. The van der Waals surface area contributed by atoms with Gasteiger partial charge in [0.15, 0.2) is 0 Å². The molecule has 1 fully saturated rings. The molecule has 5 nitrogen and oxygen atoms in total. The van der Waals surface area contributed by atoms with Gasteiger partial charge >= 0.3 is 6.09 Å². The number of hydrogen-bond donors (Lipinski definition) is 2. The Bertz CT molecular complexity index is 539. The van der Waals surface area contributed by atoms with Crippen molar-refractivity contribution in [2.75, 3.05) is 11.9 Å². The fraction of sp³-hybridized carbons (Fsp3) is 0.611. The van der Waals surface area contributed by atoms with Crippen molar-refractivity contribution in [3.05, 3.63) is 24.3 Å². The molecule has 2 N–H and O–H groups in total. The molecule has 1 amide bonds. The van der Waals surface area contributed by atoms with Gasteiger partial charge in [0.05, 0.1) is 0 Å². The van der Waals surface area contributed by atoms with Gasteiger partial charge in [-0.3, -0.25) is 0 Å². The van der Waals surface area contributed by atoms with Gasteiger partial charge in [0.1, 0.15) is 11.4 Å². The minimum Gasteiger partial charge on any atom is -0.508 e. The summed E-state index contributed by atoms with van der Waals surface area (Å²) in [5.74, 6) is 0.249. The van der Waals surface area contributed by atoms with Crippen LogP contribution in [0.1, 0.15) is 47.0 Å². The van der Waals surface area contributed by atoms with E-state index in [4.69, 9.17) is 4.74 Å². The zero-order valence-corrected chi connectivity index (χ0v) is 14.5. The molecule has 1 aromatic carbocycles. The summed E-state index contributed by atoms with van der Waals surface area (Å²) >= 11 is 0. The molecule has 0 radical (unpaired) electrons. The topological polar surface area (TPSA) is 61.8 Å². The maximum Gasteiger partial charge on any atom is 0.410 e. The summed E-state index contributed by atoms with van der Waals surface area (Å²) in [4.78, 5) is 14.2. The normalized spacial score (nSPS) is 19.5. The molecule has 5 heteroatoms. The van der Waals surface area contributed by atoms with Crippen LogP contribution in [0.2, 0.25) is 0 Å². The highest BCUT2D eigenvalue weighted by molar-refractivity contribution is 5.69. The van der Waals surface area contributed by atoms with Crippen molar-refractivity contribution in [3.63, 3.8) is 0 Å². The van der Waals surface area contributed by atoms with Gasteiger partial charge in [-0.05, 0) is 59.1 Å². The average molecular weight is 320 g/mol. The summed E-state index contributed by atoms with van der Waals surface area (Å²) in [6.07, 6.45) is 2.66. The second-order valence-corrected chi connectivity index (χ2v) is 7.30. The van der Waals surface area contributed by atoms with E-state index in [9.17, 15) is 9.90 Å². The summed E-state index contributed by atoms with van der Waals surface area (Å²) in [6, 6.07) is 7.49. The van der Waals surface area contributed by atoms with Crippen molar-refractivity contribution in [3.8, 4) is 5.75 Å². The van der Waals surface area contributed by atoms with Crippen LogP contribution in [0.5, 0.6) is 5.75 Å². The molecule has 1 aliphatic rings. The van der Waals surface area contributed by atoms with Gasteiger partial charge in [-0.15, -0.1) is 0 Å². The second kappa shape index (κ2) is 7.11.